The van der Waals surface area contributed by atoms with Crippen LogP contribution < -0.4 is 5.32 Å². The van der Waals surface area contributed by atoms with Gasteiger partial charge in [0.2, 0.25) is 5.91 Å². The van der Waals surface area contributed by atoms with Crippen molar-refractivity contribution in [3.8, 4) is 0 Å². The van der Waals surface area contributed by atoms with Gasteiger partial charge in [-0.2, -0.15) is 5.10 Å². The molecule has 0 spiro atoms. The summed E-state index contributed by atoms with van der Waals surface area (Å²) in [5, 5.41) is 6.93. The summed E-state index contributed by atoms with van der Waals surface area (Å²) < 4.78 is 7.12. The second-order valence-electron chi connectivity index (χ2n) is 3.81. The fourth-order valence-electron chi connectivity index (χ4n) is 1.74. The third kappa shape index (κ3) is 2.56. The van der Waals surface area contributed by atoms with Crippen molar-refractivity contribution in [3.63, 3.8) is 0 Å². The van der Waals surface area contributed by atoms with Crippen LogP contribution >= 0.6 is 0 Å². The standard InChI is InChI=1S/C10H15N3O2/c1-8(14)12-10-2-4-11-13(10)6-9-3-5-15-7-9/h2,4,9H,3,5-7H2,1H3,(H,12,14). The molecule has 1 fully saturated rings. The highest BCUT2D eigenvalue weighted by Gasteiger charge is 2.17. The van der Waals surface area contributed by atoms with Crippen LogP contribution in [0.1, 0.15) is 13.3 Å². The molecule has 0 saturated carbocycles. The van der Waals surface area contributed by atoms with Crippen molar-refractivity contribution in [1.29, 1.82) is 0 Å². The molecular formula is C10H15N3O2. The molecule has 1 aromatic rings. The lowest BCUT2D eigenvalue weighted by Crippen LogP contribution is -2.16. The minimum absolute atomic E-state index is 0.0700. The largest absolute Gasteiger partial charge is 0.381 e. The zero-order valence-electron chi connectivity index (χ0n) is 8.77. The Labute approximate surface area is 88.4 Å². The normalized spacial score (nSPS) is 20.5. The summed E-state index contributed by atoms with van der Waals surface area (Å²) in [5.74, 6) is 1.20. The summed E-state index contributed by atoms with van der Waals surface area (Å²) in [6.07, 6.45) is 2.76. The summed E-state index contributed by atoms with van der Waals surface area (Å²) in [4.78, 5) is 10.9. The van der Waals surface area contributed by atoms with Crippen LogP contribution in [0.25, 0.3) is 0 Å². The smallest absolute Gasteiger partial charge is 0.222 e. The summed E-state index contributed by atoms with van der Waals surface area (Å²) in [7, 11) is 0. The van der Waals surface area contributed by atoms with Crippen molar-refractivity contribution in [2.75, 3.05) is 18.5 Å². The van der Waals surface area contributed by atoms with Gasteiger partial charge in [0.15, 0.2) is 0 Å². The molecule has 5 nitrogen and oxygen atoms in total. The predicted molar refractivity (Wildman–Crippen MR) is 55.5 cm³/mol. The molecular weight excluding hydrogens is 194 g/mol. The van der Waals surface area contributed by atoms with Crippen LogP contribution in [0.3, 0.4) is 0 Å². The number of aromatic nitrogens is 2. The molecule has 2 rings (SSSR count). The maximum Gasteiger partial charge on any atom is 0.222 e. The molecule has 82 valence electrons. The molecule has 1 amide bonds. The first kappa shape index (κ1) is 10.2. The number of amides is 1. The van der Waals surface area contributed by atoms with Crippen LogP contribution in [0.2, 0.25) is 0 Å². The molecule has 0 bridgehead atoms. The van der Waals surface area contributed by atoms with Gasteiger partial charge in [0.1, 0.15) is 5.82 Å². The first-order chi connectivity index (χ1) is 7.25. The third-order valence-corrected chi connectivity index (χ3v) is 2.48. The Morgan fingerprint density at radius 3 is 3.33 bits per heavy atom. The average Bonchev–Trinajstić information content (AvgIpc) is 2.78. The maximum absolute atomic E-state index is 10.9. The number of hydrogen-bond donors (Lipinski definition) is 1. The molecule has 1 aliphatic heterocycles. The van der Waals surface area contributed by atoms with Gasteiger partial charge in [-0.3, -0.25) is 4.79 Å². The maximum atomic E-state index is 10.9. The molecule has 0 aromatic carbocycles. The van der Waals surface area contributed by atoms with Crippen LogP contribution in [0, 0.1) is 5.92 Å². The number of carbonyl (C=O) groups is 1. The highest BCUT2D eigenvalue weighted by Crippen LogP contribution is 2.17. The lowest BCUT2D eigenvalue weighted by Gasteiger charge is -2.11. The number of rotatable bonds is 3. The quantitative estimate of drug-likeness (QED) is 0.804. The average molecular weight is 209 g/mol. The Kier molecular flexibility index (Phi) is 3.01. The van der Waals surface area contributed by atoms with E-state index in [-0.39, 0.29) is 5.91 Å². The molecule has 1 saturated heterocycles. The van der Waals surface area contributed by atoms with Crippen LogP contribution in [0.5, 0.6) is 0 Å². The van der Waals surface area contributed by atoms with Gasteiger partial charge >= 0.3 is 0 Å². The summed E-state index contributed by atoms with van der Waals surface area (Å²) in [6, 6.07) is 1.80. The van der Waals surface area contributed by atoms with Crippen molar-refractivity contribution in [1.82, 2.24) is 9.78 Å². The molecule has 1 aromatic heterocycles. The molecule has 15 heavy (non-hydrogen) atoms. The Morgan fingerprint density at radius 2 is 2.67 bits per heavy atom. The second-order valence-corrected chi connectivity index (χ2v) is 3.81. The van der Waals surface area contributed by atoms with Gasteiger partial charge in [-0.15, -0.1) is 0 Å². The van der Waals surface area contributed by atoms with Gasteiger partial charge in [-0.1, -0.05) is 0 Å². The van der Waals surface area contributed by atoms with E-state index in [1.165, 1.54) is 6.92 Å². The molecule has 0 radical (unpaired) electrons. The van der Waals surface area contributed by atoms with Gasteiger partial charge < -0.3 is 10.1 Å². The van der Waals surface area contributed by atoms with Gasteiger partial charge in [0.25, 0.3) is 0 Å². The second kappa shape index (κ2) is 4.44. The van der Waals surface area contributed by atoms with Gasteiger partial charge in [-0.05, 0) is 6.42 Å². The van der Waals surface area contributed by atoms with Crippen molar-refractivity contribution in [3.05, 3.63) is 12.3 Å². The van der Waals surface area contributed by atoms with Crippen molar-refractivity contribution < 1.29 is 9.53 Å². The Morgan fingerprint density at radius 1 is 1.80 bits per heavy atom. The number of nitrogens with one attached hydrogen (secondary N) is 1. The topological polar surface area (TPSA) is 56.2 Å². The van der Waals surface area contributed by atoms with Crippen LogP contribution in [-0.2, 0) is 16.1 Å². The van der Waals surface area contributed by atoms with E-state index in [1.54, 1.807) is 12.3 Å². The van der Waals surface area contributed by atoms with Crippen molar-refractivity contribution in [2.45, 2.75) is 19.9 Å². The fourth-order valence-corrected chi connectivity index (χ4v) is 1.74. The first-order valence-corrected chi connectivity index (χ1v) is 5.13. The lowest BCUT2D eigenvalue weighted by molar-refractivity contribution is -0.114. The van der Waals surface area contributed by atoms with Crippen molar-refractivity contribution in [2.24, 2.45) is 5.92 Å². The molecule has 1 atom stereocenters. The monoisotopic (exact) mass is 209 g/mol. The molecule has 0 aliphatic carbocycles. The number of ether oxygens (including phenoxy) is 1. The van der Waals surface area contributed by atoms with E-state index in [0.717, 1.165) is 32.0 Å². The van der Waals surface area contributed by atoms with E-state index in [2.05, 4.69) is 10.4 Å². The third-order valence-electron chi connectivity index (χ3n) is 2.48. The SMILES string of the molecule is CC(=O)Nc1ccnn1CC1CCOC1. The van der Waals surface area contributed by atoms with Gasteiger partial charge in [-0.25, -0.2) is 4.68 Å². The number of hydrogen-bond acceptors (Lipinski definition) is 3. The zero-order chi connectivity index (χ0) is 10.7. The van der Waals surface area contributed by atoms with E-state index in [4.69, 9.17) is 4.74 Å². The van der Waals surface area contributed by atoms with Crippen LogP contribution in [0.4, 0.5) is 5.82 Å². The summed E-state index contributed by atoms with van der Waals surface area (Å²) in [5.41, 5.74) is 0. The Bertz CT molecular complexity index is 342. The number of nitrogens with zero attached hydrogens (tertiary/aromatic N) is 2. The highest BCUT2D eigenvalue weighted by molar-refractivity contribution is 5.87. The Hall–Kier alpha value is -1.36. The molecule has 2 heterocycles. The van der Waals surface area contributed by atoms with E-state index >= 15 is 0 Å². The molecule has 1 N–H and O–H groups in total. The van der Waals surface area contributed by atoms with Crippen LogP contribution in [0.15, 0.2) is 12.3 Å². The fraction of sp³-hybridized carbons (Fsp3) is 0.600. The molecule has 5 heteroatoms. The van der Waals surface area contributed by atoms with E-state index in [9.17, 15) is 4.79 Å². The van der Waals surface area contributed by atoms with E-state index in [1.807, 2.05) is 4.68 Å². The van der Waals surface area contributed by atoms with Gasteiger partial charge in [0.05, 0.1) is 12.8 Å². The van der Waals surface area contributed by atoms with E-state index in [0.29, 0.717) is 5.92 Å². The predicted octanol–water partition coefficient (Wildman–Crippen LogP) is 0.878. The lowest BCUT2D eigenvalue weighted by atomic mass is 10.1. The zero-order valence-corrected chi connectivity index (χ0v) is 8.77. The number of carbonyl (C=O) groups excluding carboxylic acids is 1. The first-order valence-electron chi connectivity index (χ1n) is 5.13. The molecule has 1 aliphatic rings. The van der Waals surface area contributed by atoms with E-state index < -0.39 is 0 Å². The van der Waals surface area contributed by atoms with Gasteiger partial charge in [0, 0.05) is 32.1 Å². The van der Waals surface area contributed by atoms with Crippen LogP contribution in [-0.4, -0.2) is 28.9 Å². The Balaban J connectivity index is 2.00. The highest BCUT2D eigenvalue weighted by atomic mass is 16.5. The minimum atomic E-state index is -0.0700. The molecule has 1 unspecified atom stereocenters. The number of anilines is 1. The van der Waals surface area contributed by atoms with Crippen molar-refractivity contribution >= 4 is 11.7 Å². The minimum Gasteiger partial charge on any atom is -0.381 e. The summed E-state index contributed by atoms with van der Waals surface area (Å²) in [6.45, 7) is 3.93. The summed E-state index contributed by atoms with van der Waals surface area (Å²) >= 11 is 0.